The Kier molecular flexibility index (Phi) is 52.4. The Morgan fingerprint density at radius 3 is 1.18 bits per heavy atom. The quantitative estimate of drug-likeness (QED) is 0.00787. The number of carbonyl (C=O) groups is 17. The van der Waals surface area contributed by atoms with Crippen molar-refractivity contribution in [3.05, 3.63) is 0 Å². The summed E-state index contributed by atoms with van der Waals surface area (Å²) in [6, 6.07) is -7.52. The van der Waals surface area contributed by atoms with Gasteiger partial charge in [0.15, 0.2) is 49.3 Å². The van der Waals surface area contributed by atoms with Gasteiger partial charge in [0, 0.05) is 139 Å². The third kappa shape index (κ3) is 43.6. The number of ether oxygens (including phenoxy) is 18. The van der Waals surface area contributed by atoms with Crippen LogP contribution in [0, 0.1) is 18.3 Å². The second-order valence-electron chi connectivity index (χ2n) is 28.9. The molecule has 18 unspecified atom stereocenters. The third-order valence-corrected chi connectivity index (χ3v) is 19.7. The summed E-state index contributed by atoms with van der Waals surface area (Å²) >= 11 is 0. The van der Waals surface area contributed by atoms with Crippen molar-refractivity contribution < 1.29 is 176 Å². The number of terminal acetylenes is 1. The van der Waals surface area contributed by atoms with Crippen LogP contribution in [0.2, 0.25) is 0 Å². The summed E-state index contributed by atoms with van der Waals surface area (Å²) in [6.07, 6.45) is -10.5. The number of nitrogens with zero attached hydrogens (tertiary/aromatic N) is 1. The minimum atomic E-state index is -2.12. The van der Waals surface area contributed by atoms with Gasteiger partial charge in [0.05, 0.1) is 85.9 Å². The first kappa shape index (κ1) is 110. The molecule has 0 bridgehead atoms. The molecule has 3 rings (SSSR count). The number of hydrogen-bond donors (Lipinski definition) is 8. The van der Waals surface area contributed by atoms with Gasteiger partial charge in [-0.05, 0) is 41.0 Å². The van der Waals surface area contributed by atoms with Crippen molar-refractivity contribution in [1.29, 1.82) is 0 Å². The Bertz CT molecular complexity index is 3550. The average Bonchev–Trinajstić information content (AvgIpc) is 0.795. The number of rotatable bonds is 58. The summed E-state index contributed by atoms with van der Waals surface area (Å²) in [7, 11) is -1.60. The molecule has 708 valence electrons. The van der Waals surface area contributed by atoms with Crippen LogP contribution >= 0.6 is 8.53 Å². The smallest absolute Gasteiger partial charge is 0.303 e. The fourth-order valence-corrected chi connectivity index (χ4v) is 14.3. The molecule has 0 aromatic rings. The van der Waals surface area contributed by atoms with Crippen molar-refractivity contribution in [2.75, 3.05) is 125 Å². The lowest BCUT2D eigenvalue weighted by atomic mass is 9.84. The highest BCUT2D eigenvalue weighted by atomic mass is 31.2. The molecule has 3 heterocycles. The van der Waals surface area contributed by atoms with E-state index in [2.05, 4.69) is 48.5 Å². The molecule has 46 nitrogen and oxygen atoms in total. The molecule has 3 saturated heterocycles. The second-order valence-corrected chi connectivity index (χ2v) is 30.4. The molecule has 3 fully saturated rings. The SMILES string of the molecule is C#CCCOP(OCCOCCC(=O)NC(C(=O)NCCOCCOC1OC(COC(C)=O)C(OC(C)=O)C(OC(C)=O)C1NC(C)=O)C(=O)NC(CCC(=O)NCCOCCOC1OC(COC(C)=O)C(OC(C)=O)C(OC(C)=O)C1NC(C)=O)C(=O)NCCOCCOC1OC(COC(C)=O)C(CC(C)=O)C(OC(C)=O)C1NC(C)=O)N(C(C)C)C(C)C. The summed E-state index contributed by atoms with van der Waals surface area (Å²) in [5, 5.41) is 20.4. The van der Waals surface area contributed by atoms with Crippen molar-refractivity contribution in [1.82, 2.24) is 47.2 Å². The van der Waals surface area contributed by atoms with Crippen LogP contribution in [0.3, 0.4) is 0 Å². The van der Waals surface area contributed by atoms with Gasteiger partial charge in [-0.2, -0.15) is 0 Å². The third-order valence-electron chi connectivity index (χ3n) is 17.6. The van der Waals surface area contributed by atoms with Gasteiger partial charge in [-0.25, -0.2) is 4.67 Å². The summed E-state index contributed by atoms with van der Waals surface area (Å²) in [5.74, 6) is -11.7. The van der Waals surface area contributed by atoms with E-state index in [4.69, 9.17) is 101 Å². The number of nitrogens with one attached hydrogen (secondary N) is 8. The normalized spacial score (nSPS) is 22.8. The van der Waals surface area contributed by atoms with Crippen molar-refractivity contribution in [3.8, 4) is 12.3 Å². The van der Waals surface area contributed by atoms with Crippen LogP contribution in [-0.2, 0) is 176 Å². The molecule has 3 aliphatic rings. The Labute approximate surface area is 726 Å². The summed E-state index contributed by atoms with van der Waals surface area (Å²) < 4.78 is 116. The summed E-state index contributed by atoms with van der Waals surface area (Å²) in [4.78, 5) is 218. The lowest BCUT2D eigenvalue weighted by Crippen LogP contribution is -2.66. The maximum absolute atomic E-state index is 14.7. The zero-order chi connectivity index (χ0) is 93.4. The van der Waals surface area contributed by atoms with Crippen molar-refractivity contribution in [3.63, 3.8) is 0 Å². The van der Waals surface area contributed by atoms with Crippen molar-refractivity contribution in [2.24, 2.45) is 5.92 Å². The van der Waals surface area contributed by atoms with Crippen LogP contribution in [0.4, 0.5) is 0 Å². The highest BCUT2D eigenvalue weighted by Gasteiger charge is 2.54. The molecular formula is C78H124N9O37P. The van der Waals surface area contributed by atoms with Gasteiger partial charge in [0.2, 0.25) is 35.4 Å². The Balaban J connectivity index is 1.92. The standard InChI is InChI=1S/C78H124N9O37P/c1-18-19-26-115-125(87(43(2)3)44(4)5)116-38-34-105-27-22-63(101)86-67(74(103)81-25-30-108-33-37-111-78-66(84-48(9)91)72(121-56(17)99)70(119-54(15)97)61(124-78)42-114-51(12)94)75(104)85-58(73(102)80-24-29-107-32-35-109-76-64(82-46(7)89)68(117-52(13)95)57(39-45(6)88)59(122-76)40-112-49(10)92)20-21-62(100)79-23-28-106-31-36-110-77-65(83-47(8)90)71(120-55(16)98)69(118-53(14)96)60(123-77)41-113-50(11)93/h1,43-44,57-61,64-72,76-78H,19-42H2,2-17H3,(H,79,100)(H,80,102)(H,81,103)(H,82,89)(H,83,90)(H,84,91)(H,85,104)(H,86,101). The number of carbonyl (C=O) groups excluding carboxylic acids is 17. The van der Waals surface area contributed by atoms with Gasteiger partial charge >= 0.3 is 47.8 Å². The maximum atomic E-state index is 14.7. The number of esters is 8. The first-order valence-electron chi connectivity index (χ1n) is 40.5. The first-order valence-corrected chi connectivity index (χ1v) is 41.7. The zero-order valence-electron chi connectivity index (χ0n) is 73.5. The molecule has 47 heteroatoms. The molecule has 0 aliphatic carbocycles. The highest BCUT2D eigenvalue weighted by Crippen LogP contribution is 2.46. The second kappa shape index (κ2) is 59.6. The molecule has 18 atom stereocenters. The molecule has 8 amide bonds. The number of amides is 8. The van der Waals surface area contributed by atoms with Crippen LogP contribution in [0.1, 0.15) is 143 Å². The number of ketones is 1. The fraction of sp³-hybridized carbons (Fsp3) is 0.756. The molecule has 8 N–H and O–H groups in total. The molecule has 125 heavy (non-hydrogen) atoms. The lowest BCUT2D eigenvalue weighted by molar-refractivity contribution is -0.279. The molecular weight excluding hydrogens is 1690 g/mol. The predicted octanol–water partition coefficient (Wildman–Crippen LogP) is -2.37. The minimum absolute atomic E-state index is 0.0167. The monoisotopic (exact) mass is 1810 g/mol. The topological polar surface area (TPSA) is 574 Å². The van der Waals surface area contributed by atoms with Crippen LogP contribution in [-0.4, -0.2) is 341 Å². The van der Waals surface area contributed by atoms with Gasteiger partial charge in [-0.15, -0.1) is 12.3 Å². The predicted molar refractivity (Wildman–Crippen MR) is 428 cm³/mol. The van der Waals surface area contributed by atoms with E-state index >= 15 is 0 Å². The van der Waals surface area contributed by atoms with E-state index in [0.717, 1.165) is 69.2 Å². The van der Waals surface area contributed by atoms with Crippen LogP contribution < -0.4 is 42.5 Å². The van der Waals surface area contributed by atoms with E-state index in [9.17, 15) is 81.5 Å². The molecule has 0 aromatic carbocycles. The minimum Gasteiger partial charge on any atom is -0.463 e. The highest BCUT2D eigenvalue weighted by molar-refractivity contribution is 7.44. The number of hydrogen-bond acceptors (Lipinski definition) is 38. The maximum Gasteiger partial charge on any atom is 0.303 e. The fourth-order valence-electron chi connectivity index (χ4n) is 12.8. The largest absolute Gasteiger partial charge is 0.463 e. The number of Topliss-reactive ketones (excluding diaryl/α,β-unsaturated/α-hetero) is 1. The van der Waals surface area contributed by atoms with Gasteiger partial charge in [0.1, 0.15) is 74.2 Å². The average molecular weight is 1810 g/mol. The first-order chi connectivity index (χ1) is 59.1. The summed E-state index contributed by atoms with van der Waals surface area (Å²) in [5.41, 5.74) is 0. The van der Waals surface area contributed by atoms with Gasteiger partial charge < -0.3 is 142 Å². The van der Waals surface area contributed by atoms with Gasteiger partial charge in [0.25, 0.3) is 20.3 Å². The molecule has 0 saturated carbocycles. The van der Waals surface area contributed by atoms with Crippen LogP contribution in [0.25, 0.3) is 0 Å². The summed E-state index contributed by atoms with van der Waals surface area (Å²) in [6.45, 7) is 17.0. The van der Waals surface area contributed by atoms with Gasteiger partial charge in [-0.1, -0.05) is 0 Å². The Morgan fingerprint density at radius 1 is 0.392 bits per heavy atom. The lowest BCUT2D eigenvalue weighted by Gasteiger charge is -2.45. The zero-order valence-corrected chi connectivity index (χ0v) is 74.4. The molecule has 0 spiro atoms. The van der Waals surface area contributed by atoms with E-state index in [-0.39, 0.29) is 136 Å². The van der Waals surface area contributed by atoms with Crippen LogP contribution in [0.15, 0.2) is 0 Å². The van der Waals surface area contributed by atoms with E-state index < -0.39 is 240 Å². The van der Waals surface area contributed by atoms with E-state index in [1.807, 2.05) is 32.4 Å². The van der Waals surface area contributed by atoms with Crippen LogP contribution in [0.5, 0.6) is 0 Å². The molecule has 0 radical (unpaired) electrons. The van der Waals surface area contributed by atoms with Crippen molar-refractivity contribution >= 4 is 109 Å². The van der Waals surface area contributed by atoms with E-state index in [1.54, 1.807) is 0 Å². The van der Waals surface area contributed by atoms with Gasteiger partial charge in [-0.3, -0.25) is 76.7 Å². The Hall–Kier alpha value is -9.34. The van der Waals surface area contributed by atoms with E-state index in [1.165, 1.54) is 13.8 Å². The van der Waals surface area contributed by atoms with E-state index in [0.29, 0.717) is 6.42 Å². The Morgan fingerprint density at radius 2 is 0.768 bits per heavy atom. The molecule has 3 aliphatic heterocycles. The van der Waals surface area contributed by atoms with Crippen molar-refractivity contribution in [2.45, 2.75) is 253 Å². The molecule has 0 aromatic heterocycles.